The van der Waals surface area contributed by atoms with Gasteiger partial charge in [-0.15, -0.1) is 0 Å². The van der Waals surface area contributed by atoms with Crippen LogP contribution in [-0.4, -0.2) is 24.2 Å². The second-order valence-corrected chi connectivity index (χ2v) is 5.09. The minimum atomic E-state index is -0.658. The number of aromatic nitrogens is 1. The zero-order chi connectivity index (χ0) is 14.0. The van der Waals surface area contributed by atoms with Crippen LogP contribution >= 0.6 is 15.9 Å². The quantitative estimate of drug-likeness (QED) is 0.813. The van der Waals surface area contributed by atoms with Crippen molar-refractivity contribution in [3.8, 4) is 5.75 Å². The van der Waals surface area contributed by atoms with Gasteiger partial charge in [-0.05, 0) is 53.5 Å². The Balaban J connectivity index is 2.46. The molecule has 2 rings (SSSR count). The van der Waals surface area contributed by atoms with Gasteiger partial charge in [0.25, 0.3) is 0 Å². The van der Waals surface area contributed by atoms with Crippen LogP contribution in [-0.2, 0) is 9.53 Å². The molecule has 1 heterocycles. The number of rotatable bonds is 3. The van der Waals surface area contributed by atoms with E-state index < -0.39 is 12.1 Å². The SMILES string of the molecule is COC(=O)C(C)Oc1ccnc2c(Br)cc(C)cc12. The first kappa shape index (κ1) is 13.8. The Kier molecular flexibility index (Phi) is 4.04. The van der Waals surface area contributed by atoms with Crippen LogP contribution in [0.4, 0.5) is 0 Å². The Morgan fingerprint density at radius 1 is 1.42 bits per heavy atom. The molecule has 1 aromatic heterocycles. The Hall–Kier alpha value is -1.62. The first-order valence-corrected chi connectivity index (χ1v) is 6.61. The van der Waals surface area contributed by atoms with E-state index in [1.54, 1.807) is 19.2 Å². The summed E-state index contributed by atoms with van der Waals surface area (Å²) in [6, 6.07) is 5.71. The number of halogens is 1. The number of pyridine rings is 1. The van der Waals surface area contributed by atoms with E-state index in [1.807, 2.05) is 19.1 Å². The number of nitrogens with zero attached hydrogens (tertiary/aromatic N) is 1. The third kappa shape index (κ3) is 2.87. The van der Waals surface area contributed by atoms with Gasteiger partial charge in [-0.2, -0.15) is 0 Å². The van der Waals surface area contributed by atoms with Crippen LogP contribution in [0.2, 0.25) is 0 Å². The van der Waals surface area contributed by atoms with Gasteiger partial charge in [0.2, 0.25) is 0 Å². The molecule has 0 fully saturated rings. The molecular formula is C14H14BrNO3. The van der Waals surface area contributed by atoms with Crippen molar-refractivity contribution >= 4 is 32.8 Å². The van der Waals surface area contributed by atoms with Gasteiger partial charge in [0, 0.05) is 16.1 Å². The van der Waals surface area contributed by atoms with Gasteiger partial charge < -0.3 is 9.47 Å². The molecule has 1 aromatic carbocycles. The largest absolute Gasteiger partial charge is 0.478 e. The van der Waals surface area contributed by atoms with E-state index in [0.717, 1.165) is 20.9 Å². The van der Waals surface area contributed by atoms with Crippen molar-refractivity contribution in [2.75, 3.05) is 7.11 Å². The highest BCUT2D eigenvalue weighted by molar-refractivity contribution is 9.10. The molecule has 0 spiro atoms. The van der Waals surface area contributed by atoms with Gasteiger partial charge in [0.1, 0.15) is 5.75 Å². The van der Waals surface area contributed by atoms with Gasteiger partial charge in [-0.25, -0.2) is 4.79 Å². The summed E-state index contributed by atoms with van der Waals surface area (Å²) in [5.41, 5.74) is 1.89. The Bertz CT molecular complexity index is 627. The standard InChI is InChI=1S/C14H14BrNO3/c1-8-6-10-12(19-9(2)14(17)18-3)4-5-16-13(10)11(15)7-8/h4-7,9H,1-3H3. The molecule has 1 unspecified atom stereocenters. The van der Waals surface area contributed by atoms with Crippen LogP contribution in [0.1, 0.15) is 12.5 Å². The summed E-state index contributed by atoms with van der Waals surface area (Å²) in [4.78, 5) is 15.7. The maximum absolute atomic E-state index is 11.4. The Morgan fingerprint density at radius 3 is 2.84 bits per heavy atom. The molecule has 0 aliphatic rings. The monoisotopic (exact) mass is 323 g/mol. The minimum Gasteiger partial charge on any atom is -0.478 e. The summed E-state index contributed by atoms with van der Waals surface area (Å²) in [7, 11) is 1.34. The number of methoxy groups -OCH3 is 1. The fourth-order valence-electron chi connectivity index (χ4n) is 1.83. The molecule has 0 amide bonds. The van der Waals surface area contributed by atoms with E-state index in [9.17, 15) is 4.79 Å². The molecule has 100 valence electrons. The van der Waals surface area contributed by atoms with Crippen molar-refractivity contribution in [1.29, 1.82) is 0 Å². The van der Waals surface area contributed by atoms with Gasteiger partial charge in [-0.1, -0.05) is 0 Å². The smallest absolute Gasteiger partial charge is 0.346 e. The average Bonchev–Trinajstić information content (AvgIpc) is 2.38. The highest BCUT2D eigenvalue weighted by Crippen LogP contribution is 2.31. The lowest BCUT2D eigenvalue weighted by atomic mass is 10.1. The van der Waals surface area contributed by atoms with Gasteiger partial charge in [0.15, 0.2) is 6.10 Å². The van der Waals surface area contributed by atoms with Crippen LogP contribution in [0, 0.1) is 6.92 Å². The van der Waals surface area contributed by atoms with Crippen molar-refractivity contribution in [2.24, 2.45) is 0 Å². The zero-order valence-corrected chi connectivity index (χ0v) is 12.5. The van der Waals surface area contributed by atoms with Gasteiger partial charge in [-0.3, -0.25) is 4.98 Å². The molecule has 0 saturated carbocycles. The van der Waals surface area contributed by atoms with Crippen molar-refractivity contribution < 1.29 is 14.3 Å². The van der Waals surface area contributed by atoms with Crippen LogP contribution in [0.5, 0.6) is 5.75 Å². The molecule has 2 aromatic rings. The number of esters is 1. The van der Waals surface area contributed by atoms with Crippen molar-refractivity contribution in [3.05, 3.63) is 34.4 Å². The first-order valence-electron chi connectivity index (χ1n) is 5.82. The molecule has 4 nitrogen and oxygen atoms in total. The fraction of sp³-hybridized carbons (Fsp3) is 0.286. The van der Waals surface area contributed by atoms with E-state index in [-0.39, 0.29) is 0 Å². The number of fused-ring (bicyclic) bond motifs is 1. The number of carbonyl (C=O) groups is 1. The first-order chi connectivity index (χ1) is 9.02. The van der Waals surface area contributed by atoms with Crippen molar-refractivity contribution in [3.63, 3.8) is 0 Å². The van der Waals surface area contributed by atoms with Gasteiger partial charge >= 0.3 is 5.97 Å². The maximum atomic E-state index is 11.4. The number of hydrogen-bond acceptors (Lipinski definition) is 4. The minimum absolute atomic E-state index is 0.406. The Morgan fingerprint density at radius 2 is 2.16 bits per heavy atom. The molecule has 0 bridgehead atoms. The molecule has 0 radical (unpaired) electrons. The number of benzene rings is 1. The van der Waals surface area contributed by atoms with Crippen LogP contribution < -0.4 is 4.74 Å². The number of carbonyl (C=O) groups excluding carboxylic acids is 1. The topological polar surface area (TPSA) is 48.4 Å². The summed E-state index contributed by atoms with van der Waals surface area (Å²) in [6.45, 7) is 3.65. The normalized spacial score (nSPS) is 12.2. The predicted molar refractivity (Wildman–Crippen MR) is 76.3 cm³/mol. The van der Waals surface area contributed by atoms with E-state index in [2.05, 4.69) is 25.7 Å². The Labute approximate surface area is 119 Å². The van der Waals surface area contributed by atoms with Crippen LogP contribution in [0.25, 0.3) is 10.9 Å². The van der Waals surface area contributed by atoms with E-state index in [4.69, 9.17) is 4.74 Å². The highest BCUT2D eigenvalue weighted by atomic mass is 79.9. The maximum Gasteiger partial charge on any atom is 0.346 e. The number of aryl methyl sites for hydroxylation is 1. The fourth-order valence-corrected chi connectivity index (χ4v) is 2.51. The lowest BCUT2D eigenvalue weighted by molar-refractivity contribution is -0.147. The van der Waals surface area contributed by atoms with E-state index in [0.29, 0.717) is 5.75 Å². The molecule has 19 heavy (non-hydrogen) atoms. The van der Waals surface area contributed by atoms with Crippen molar-refractivity contribution in [1.82, 2.24) is 4.98 Å². The highest BCUT2D eigenvalue weighted by Gasteiger charge is 2.16. The summed E-state index contributed by atoms with van der Waals surface area (Å²) in [5.74, 6) is 0.212. The second kappa shape index (κ2) is 5.57. The summed E-state index contributed by atoms with van der Waals surface area (Å²) >= 11 is 3.48. The molecule has 0 aliphatic heterocycles. The number of ether oxygens (including phenoxy) is 2. The lowest BCUT2D eigenvalue weighted by Gasteiger charge is -2.14. The molecule has 5 heteroatoms. The van der Waals surface area contributed by atoms with Crippen LogP contribution in [0.15, 0.2) is 28.9 Å². The third-order valence-electron chi connectivity index (χ3n) is 2.74. The summed E-state index contributed by atoms with van der Waals surface area (Å²) in [6.07, 6.45) is 0.997. The molecular weight excluding hydrogens is 310 g/mol. The molecule has 0 saturated heterocycles. The predicted octanol–water partition coefficient (Wildman–Crippen LogP) is 3.25. The van der Waals surface area contributed by atoms with Gasteiger partial charge in [0.05, 0.1) is 12.6 Å². The summed E-state index contributed by atoms with van der Waals surface area (Å²) < 4.78 is 11.2. The lowest BCUT2D eigenvalue weighted by Crippen LogP contribution is -2.25. The molecule has 0 N–H and O–H groups in total. The average molecular weight is 324 g/mol. The zero-order valence-electron chi connectivity index (χ0n) is 10.9. The van der Waals surface area contributed by atoms with E-state index in [1.165, 1.54) is 7.11 Å². The second-order valence-electron chi connectivity index (χ2n) is 4.24. The van der Waals surface area contributed by atoms with Crippen molar-refractivity contribution in [2.45, 2.75) is 20.0 Å². The number of hydrogen-bond donors (Lipinski definition) is 0. The summed E-state index contributed by atoms with van der Waals surface area (Å²) in [5, 5.41) is 0.866. The molecule has 1 atom stereocenters. The third-order valence-corrected chi connectivity index (χ3v) is 3.34. The van der Waals surface area contributed by atoms with Crippen LogP contribution in [0.3, 0.4) is 0 Å². The molecule has 0 aliphatic carbocycles. The van der Waals surface area contributed by atoms with E-state index >= 15 is 0 Å².